The van der Waals surface area contributed by atoms with Gasteiger partial charge in [-0.3, -0.25) is 0 Å². The number of tetrazole rings is 1. The van der Waals surface area contributed by atoms with Gasteiger partial charge in [-0.05, 0) is 64.7 Å². The Labute approximate surface area is 156 Å². The molecule has 1 heterocycles. The summed E-state index contributed by atoms with van der Waals surface area (Å²) in [6.45, 7) is 7.00. The van der Waals surface area contributed by atoms with E-state index < -0.39 is 0 Å². The SMILES string of the molecule is Cc1cc(OCCSc2nnnn2-c2cccc(F)c2)ccc1C(C)C. The molecule has 0 saturated carbocycles. The maximum Gasteiger partial charge on any atom is 0.214 e. The number of ether oxygens (including phenoxy) is 1. The van der Waals surface area contributed by atoms with Crippen molar-refractivity contribution in [2.45, 2.75) is 31.8 Å². The van der Waals surface area contributed by atoms with Crippen LogP contribution in [-0.4, -0.2) is 32.6 Å². The summed E-state index contributed by atoms with van der Waals surface area (Å²) >= 11 is 1.47. The Bertz CT molecular complexity index is 881. The monoisotopic (exact) mass is 372 g/mol. The van der Waals surface area contributed by atoms with E-state index in [0.29, 0.717) is 29.1 Å². The Morgan fingerprint density at radius 3 is 2.77 bits per heavy atom. The fraction of sp³-hybridized carbons (Fsp3) is 0.316. The summed E-state index contributed by atoms with van der Waals surface area (Å²) in [6, 6.07) is 12.4. The third-order valence-corrected chi connectivity index (χ3v) is 4.82. The minimum Gasteiger partial charge on any atom is -0.493 e. The standard InChI is InChI=1S/C19H21FN4OS/c1-13(2)18-8-7-17(11-14(18)3)25-9-10-26-19-21-22-23-24(19)16-6-4-5-15(20)12-16/h4-8,11-13H,9-10H2,1-3H3. The summed E-state index contributed by atoms with van der Waals surface area (Å²) in [7, 11) is 0. The number of halogens is 1. The number of thioether (sulfide) groups is 1. The molecule has 3 rings (SSSR count). The van der Waals surface area contributed by atoms with Crippen molar-refractivity contribution in [2.75, 3.05) is 12.4 Å². The summed E-state index contributed by atoms with van der Waals surface area (Å²) < 4.78 is 20.7. The van der Waals surface area contributed by atoms with Gasteiger partial charge in [0, 0.05) is 5.75 Å². The second-order valence-corrected chi connectivity index (χ2v) is 7.29. The molecule has 136 valence electrons. The molecule has 0 bridgehead atoms. The van der Waals surface area contributed by atoms with Gasteiger partial charge in [-0.2, -0.15) is 4.68 Å². The van der Waals surface area contributed by atoms with Gasteiger partial charge in [-0.15, -0.1) is 5.10 Å². The molecule has 3 aromatic rings. The van der Waals surface area contributed by atoms with Crippen molar-refractivity contribution in [3.8, 4) is 11.4 Å². The normalized spacial score (nSPS) is 11.1. The second kappa shape index (κ2) is 8.31. The zero-order valence-corrected chi connectivity index (χ0v) is 15.8. The molecule has 26 heavy (non-hydrogen) atoms. The lowest BCUT2D eigenvalue weighted by Gasteiger charge is -2.12. The van der Waals surface area contributed by atoms with Crippen molar-refractivity contribution in [3.05, 3.63) is 59.4 Å². The Morgan fingerprint density at radius 2 is 2.04 bits per heavy atom. The maximum absolute atomic E-state index is 13.4. The zero-order valence-electron chi connectivity index (χ0n) is 15.0. The number of aromatic nitrogens is 4. The minimum absolute atomic E-state index is 0.322. The van der Waals surface area contributed by atoms with E-state index in [9.17, 15) is 4.39 Å². The lowest BCUT2D eigenvalue weighted by Crippen LogP contribution is -2.04. The highest BCUT2D eigenvalue weighted by molar-refractivity contribution is 7.99. The van der Waals surface area contributed by atoms with Crippen LogP contribution in [0.15, 0.2) is 47.6 Å². The van der Waals surface area contributed by atoms with Gasteiger partial charge in [0.1, 0.15) is 11.6 Å². The van der Waals surface area contributed by atoms with E-state index in [2.05, 4.69) is 48.4 Å². The molecule has 0 aliphatic carbocycles. The summed E-state index contributed by atoms with van der Waals surface area (Å²) in [6.07, 6.45) is 0. The quantitative estimate of drug-likeness (QED) is 0.454. The average Bonchev–Trinajstić information content (AvgIpc) is 3.07. The van der Waals surface area contributed by atoms with E-state index in [-0.39, 0.29) is 5.82 Å². The fourth-order valence-corrected chi connectivity index (χ4v) is 3.42. The van der Waals surface area contributed by atoms with Gasteiger partial charge in [0.05, 0.1) is 12.3 Å². The van der Waals surface area contributed by atoms with Crippen LogP contribution in [0.2, 0.25) is 0 Å². The van der Waals surface area contributed by atoms with Crippen LogP contribution in [-0.2, 0) is 0 Å². The van der Waals surface area contributed by atoms with Crippen LogP contribution >= 0.6 is 11.8 Å². The lowest BCUT2D eigenvalue weighted by atomic mass is 9.98. The smallest absolute Gasteiger partial charge is 0.214 e. The van der Waals surface area contributed by atoms with E-state index in [1.54, 1.807) is 12.1 Å². The van der Waals surface area contributed by atoms with Crippen LogP contribution in [0.4, 0.5) is 4.39 Å². The molecule has 0 spiro atoms. The molecule has 5 nitrogen and oxygen atoms in total. The van der Waals surface area contributed by atoms with E-state index >= 15 is 0 Å². The van der Waals surface area contributed by atoms with Crippen molar-refractivity contribution < 1.29 is 9.13 Å². The topological polar surface area (TPSA) is 52.8 Å². The van der Waals surface area contributed by atoms with Crippen LogP contribution in [0.5, 0.6) is 5.75 Å². The average molecular weight is 372 g/mol. The van der Waals surface area contributed by atoms with E-state index in [4.69, 9.17) is 4.74 Å². The van der Waals surface area contributed by atoms with Crippen LogP contribution in [0.25, 0.3) is 5.69 Å². The zero-order chi connectivity index (χ0) is 18.5. The molecule has 0 amide bonds. The number of hydrogen-bond acceptors (Lipinski definition) is 5. The minimum atomic E-state index is -0.322. The third-order valence-electron chi connectivity index (χ3n) is 3.94. The van der Waals surface area contributed by atoms with Gasteiger partial charge in [-0.25, -0.2) is 4.39 Å². The Balaban J connectivity index is 1.57. The molecular formula is C19H21FN4OS. The first-order valence-electron chi connectivity index (χ1n) is 8.45. The first kappa shape index (κ1) is 18.4. The Hall–Kier alpha value is -2.41. The highest BCUT2D eigenvalue weighted by Gasteiger charge is 2.10. The van der Waals surface area contributed by atoms with Gasteiger partial charge in [0.2, 0.25) is 5.16 Å². The van der Waals surface area contributed by atoms with Crippen LogP contribution in [0.1, 0.15) is 30.9 Å². The number of hydrogen-bond donors (Lipinski definition) is 0. The molecular weight excluding hydrogens is 351 g/mol. The van der Waals surface area contributed by atoms with Crippen LogP contribution in [0.3, 0.4) is 0 Å². The van der Waals surface area contributed by atoms with Gasteiger partial charge >= 0.3 is 0 Å². The van der Waals surface area contributed by atoms with Crippen molar-refractivity contribution in [3.63, 3.8) is 0 Å². The third kappa shape index (κ3) is 4.40. The number of rotatable bonds is 7. The predicted molar refractivity (Wildman–Crippen MR) is 101 cm³/mol. The van der Waals surface area contributed by atoms with Crippen LogP contribution < -0.4 is 4.74 Å². The molecule has 0 radical (unpaired) electrons. The summed E-state index contributed by atoms with van der Waals surface area (Å²) in [4.78, 5) is 0. The van der Waals surface area contributed by atoms with Gasteiger partial charge in [0.15, 0.2) is 0 Å². The van der Waals surface area contributed by atoms with Crippen molar-refractivity contribution >= 4 is 11.8 Å². The second-order valence-electron chi connectivity index (χ2n) is 6.22. The number of benzene rings is 2. The van der Waals surface area contributed by atoms with E-state index in [0.717, 1.165) is 5.75 Å². The summed E-state index contributed by atoms with van der Waals surface area (Å²) in [5, 5.41) is 12.2. The first-order valence-corrected chi connectivity index (χ1v) is 9.43. The van der Waals surface area contributed by atoms with Gasteiger partial charge < -0.3 is 4.74 Å². The van der Waals surface area contributed by atoms with Crippen molar-refractivity contribution in [1.82, 2.24) is 20.2 Å². The highest BCUT2D eigenvalue weighted by Crippen LogP contribution is 2.24. The van der Waals surface area contributed by atoms with Crippen LogP contribution in [0, 0.1) is 12.7 Å². The molecule has 0 fully saturated rings. The molecule has 0 saturated heterocycles. The van der Waals surface area contributed by atoms with Crippen molar-refractivity contribution in [2.24, 2.45) is 0 Å². The molecule has 0 unspecified atom stereocenters. The Morgan fingerprint density at radius 1 is 1.19 bits per heavy atom. The maximum atomic E-state index is 13.4. The molecule has 0 aliphatic rings. The molecule has 2 aromatic carbocycles. The van der Waals surface area contributed by atoms with Gasteiger partial charge in [0.25, 0.3) is 0 Å². The molecule has 0 N–H and O–H groups in total. The molecule has 7 heteroatoms. The van der Waals surface area contributed by atoms with E-state index in [1.807, 2.05) is 6.07 Å². The van der Waals surface area contributed by atoms with Gasteiger partial charge in [-0.1, -0.05) is 37.7 Å². The number of nitrogens with zero attached hydrogens (tertiary/aromatic N) is 4. The van der Waals surface area contributed by atoms with Crippen molar-refractivity contribution in [1.29, 1.82) is 0 Å². The summed E-state index contributed by atoms with van der Waals surface area (Å²) in [5.74, 6) is 1.72. The van der Waals surface area contributed by atoms with E-state index in [1.165, 1.54) is 39.7 Å². The summed E-state index contributed by atoms with van der Waals surface area (Å²) in [5.41, 5.74) is 3.17. The number of aryl methyl sites for hydroxylation is 1. The molecule has 1 aromatic heterocycles. The fourth-order valence-electron chi connectivity index (χ4n) is 2.72. The predicted octanol–water partition coefficient (Wildman–Crippen LogP) is 4.40. The first-order chi connectivity index (χ1) is 12.5. The molecule has 0 atom stereocenters. The lowest BCUT2D eigenvalue weighted by molar-refractivity contribution is 0.343. The highest BCUT2D eigenvalue weighted by atomic mass is 32.2. The Kier molecular flexibility index (Phi) is 5.88. The molecule has 0 aliphatic heterocycles. The largest absolute Gasteiger partial charge is 0.493 e.